The van der Waals surface area contributed by atoms with Crippen molar-refractivity contribution in [2.24, 2.45) is 0 Å². The monoisotopic (exact) mass is 204 g/mol. The van der Waals surface area contributed by atoms with E-state index in [1.807, 2.05) is 12.4 Å². The minimum atomic E-state index is 0.455. The Balaban J connectivity index is 1.88. The van der Waals surface area contributed by atoms with Crippen LogP contribution < -0.4 is 5.32 Å². The van der Waals surface area contributed by atoms with E-state index in [2.05, 4.69) is 29.4 Å². The van der Waals surface area contributed by atoms with Crippen LogP contribution in [0.25, 0.3) is 0 Å². The average molecular weight is 204 g/mol. The van der Waals surface area contributed by atoms with Crippen molar-refractivity contribution >= 4 is 0 Å². The molecule has 1 aromatic rings. The van der Waals surface area contributed by atoms with E-state index in [1.54, 1.807) is 0 Å². The molecule has 0 unspecified atom stereocenters. The minimum absolute atomic E-state index is 0.455. The zero-order chi connectivity index (χ0) is 10.5. The van der Waals surface area contributed by atoms with Crippen molar-refractivity contribution in [2.75, 3.05) is 0 Å². The van der Waals surface area contributed by atoms with E-state index in [-0.39, 0.29) is 0 Å². The van der Waals surface area contributed by atoms with Crippen molar-refractivity contribution in [2.45, 2.75) is 51.1 Å². The molecule has 1 aliphatic rings. The van der Waals surface area contributed by atoms with Crippen LogP contribution >= 0.6 is 0 Å². The van der Waals surface area contributed by atoms with Gasteiger partial charge in [-0.05, 0) is 37.5 Å². The molecule has 1 aromatic heterocycles. The van der Waals surface area contributed by atoms with Crippen LogP contribution in [-0.2, 0) is 0 Å². The summed E-state index contributed by atoms with van der Waals surface area (Å²) in [6, 6.07) is 5.37. The smallest absolute Gasteiger partial charge is 0.0295 e. The van der Waals surface area contributed by atoms with Crippen LogP contribution in [0.5, 0.6) is 0 Å². The predicted molar refractivity (Wildman–Crippen MR) is 62.7 cm³/mol. The Morgan fingerprint density at radius 1 is 1.20 bits per heavy atom. The van der Waals surface area contributed by atoms with Crippen LogP contribution in [0.3, 0.4) is 0 Å². The van der Waals surface area contributed by atoms with Gasteiger partial charge in [-0.25, -0.2) is 0 Å². The Morgan fingerprint density at radius 2 is 1.87 bits per heavy atom. The zero-order valence-corrected chi connectivity index (χ0v) is 9.45. The Morgan fingerprint density at radius 3 is 2.53 bits per heavy atom. The second-order valence-corrected chi connectivity index (χ2v) is 4.50. The second kappa shape index (κ2) is 5.26. The van der Waals surface area contributed by atoms with Crippen molar-refractivity contribution in [3.05, 3.63) is 30.1 Å². The molecule has 0 radical (unpaired) electrons. The Kier molecular flexibility index (Phi) is 3.73. The van der Waals surface area contributed by atoms with Gasteiger partial charge in [0, 0.05) is 24.5 Å². The van der Waals surface area contributed by atoms with Gasteiger partial charge in [-0.3, -0.25) is 4.98 Å². The number of rotatable bonds is 3. The van der Waals surface area contributed by atoms with Gasteiger partial charge in [0.05, 0.1) is 0 Å². The third-order valence-electron chi connectivity index (χ3n) is 3.30. The third kappa shape index (κ3) is 3.03. The highest BCUT2D eigenvalue weighted by Gasteiger charge is 2.15. The van der Waals surface area contributed by atoms with E-state index in [1.165, 1.54) is 37.7 Å². The first kappa shape index (κ1) is 10.6. The summed E-state index contributed by atoms with van der Waals surface area (Å²) in [4.78, 5) is 4.05. The van der Waals surface area contributed by atoms with Gasteiger partial charge in [0.25, 0.3) is 0 Å². The number of nitrogens with one attached hydrogen (secondary N) is 1. The van der Waals surface area contributed by atoms with Crippen molar-refractivity contribution in [3.63, 3.8) is 0 Å². The zero-order valence-electron chi connectivity index (χ0n) is 9.45. The summed E-state index contributed by atoms with van der Waals surface area (Å²) < 4.78 is 0. The first-order valence-corrected chi connectivity index (χ1v) is 6.02. The Hall–Kier alpha value is -0.890. The van der Waals surface area contributed by atoms with Gasteiger partial charge >= 0.3 is 0 Å². The summed E-state index contributed by atoms with van der Waals surface area (Å²) in [5.41, 5.74) is 1.34. The summed E-state index contributed by atoms with van der Waals surface area (Å²) in [6.45, 7) is 2.24. The summed E-state index contributed by atoms with van der Waals surface area (Å²) in [5, 5.41) is 3.71. The molecule has 1 aliphatic carbocycles. The molecule has 1 heterocycles. The lowest BCUT2D eigenvalue weighted by Crippen LogP contribution is -2.33. The molecule has 1 atom stereocenters. The Bertz CT molecular complexity index is 278. The quantitative estimate of drug-likeness (QED) is 0.818. The van der Waals surface area contributed by atoms with Gasteiger partial charge in [0.1, 0.15) is 0 Å². The van der Waals surface area contributed by atoms with E-state index in [4.69, 9.17) is 0 Å². The van der Waals surface area contributed by atoms with Gasteiger partial charge in [0.2, 0.25) is 0 Å². The maximum absolute atomic E-state index is 4.05. The van der Waals surface area contributed by atoms with Crippen LogP contribution in [-0.4, -0.2) is 11.0 Å². The summed E-state index contributed by atoms with van der Waals surface area (Å²) in [6.07, 6.45) is 10.6. The predicted octanol–water partition coefficient (Wildman–Crippen LogP) is 3.06. The van der Waals surface area contributed by atoms with Gasteiger partial charge < -0.3 is 5.32 Å². The SMILES string of the molecule is C[C@@H](NC1CCCCC1)c1ccncc1. The normalized spacial score (nSPS) is 20.1. The highest BCUT2D eigenvalue weighted by molar-refractivity contribution is 5.14. The van der Waals surface area contributed by atoms with Crippen LogP contribution in [0.4, 0.5) is 0 Å². The van der Waals surface area contributed by atoms with Gasteiger partial charge in [-0.2, -0.15) is 0 Å². The largest absolute Gasteiger partial charge is 0.307 e. The highest BCUT2D eigenvalue weighted by atomic mass is 14.9. The molecule has 2 rings (SSSR count). The number of hydrogen-bond donors (Lipinski definition) is 1. The minimum Gasteiger partial charge on any atom is -0.307 e. The molecule has 1 N–H and O–H groups in total. The lowest BCUT2D eigenvalue weighted by molar-refractivity contribution is 0.347. The number of nitrogens with zero attached hydrogens (tertiary/aromatic N) is 1. The standard InChI is InChI=1S/C13H20N2/c1-11(12-7-9-14-10-8-12)15-13-5-3-2-4-6-13/h7-11,13,15H,2-6H2,1H3/t11-/m1/s1. The maximum atomic E-state index is 4.05. The first-order chi connectivity index (χ1) is 7.36. The third-order valence-corrected chi connectivity index (χ3v) is 3.30. The highest BCUT2D eigenvalue weighted by Crippen LogP contribution is 2.20. The van der Waals surface area contributed by atoms with Crippen LogP contribution in [0.2, 0.25) is 0 Å². The lowest BCUT2D eigenvalue weighted by Gasteiger charge is -2.26. The lowest BCUT2D eigenvalue weighted by atomic mass is 9.94. The van der Waals surface area contributed by atoms with Crippen molar-refractivity contribution in [3.8, 4) is 0 Å². The van der Waals surface area contributed by atoms with Crippen molar-refractivity contribution in [1.29, 1.82) is 0 Å². The fourth-order valence-corrected chi connectivity index (χ4v) is 2.37. The molecule has 0 saturated heterocycles. The molecule has 82 valence electrons. The molecule has 0 spiro atoms. The molecule has 1 saturated carbocycles. The van der Waals surface area contributed by atoms with Crippen molar-refractivity contribution < 1.29 is 0 Å². The summed E-state index contributed by atoms with van der Waals surface area (Å²) >= 11 is 0. The first-order valence-electron chi connectivity index (χ1n) is 6.02. The summed E-state index contributed by atoms with van der Waals surface area (Å²) in [5.74, 6) is 0. The maximum Gasteiger partial charge on any atom is 0.0295 e. The van der Waals surface area contributed by atoms with E-state index in [9.17, 15) is 0 Å². The van der Waals surface area contributed by atoms with E-state index in [0.717, 1.165) is 6.04 Å². The fourth-order valence-electron chi connectivity index (χ4n) is 2.37. The van der Waals surface area contributed by atoms with Gasteiger partial charge in [-0.1, -0.05) is 19.3 Å². The number of aromatic nitrogens is 1. The van der Waals surface area contributed by atoms with E-state index in [0.29, 0.717) is 6.04 Å². The molecule has 2 heteroatoms. The molecule has 0 bridgehead atoms. The topological polar surface area (TPSA) is 24.9 Å². The number of hydrogen-bond acceptors (Lipinski definition) is 2. The van der Waals surface area contributed by atoms with Crippen LogP contribution in [0, 0.1) is 0 Å². The molecular formula is C13H20N2. The molecule has 0 amide bonds. The second-order valence-electron chi connectivity index (χ2n) is 4.50. The van der Waals surface area contributed by atoms with E-state index < -0.39 is 0 Å². The fraction of sp³-hybridized carbons (Fsp3) is 0.615. The molecule has 2 nitrogen and oxygen atoms in total. The molecule has 0 aromatic carbocycles. The van der Waals surface area contributed by atoms with E-state index >= 15 is 0 Å². The van der Waals surface area contributed by atoms with Gasteiger partial charge in [0.15, 0.2) is 0 Å². The Labute approximate surface area is 92.1 Å². The van der Waals surface area contributed by atoms with Crippen LogP contribution in [0.1, 0.15) is 50.6 Å². The van der Waals surface area contributed by atoms with Crippen molar-refractivity contribution in [1.82, 2.24) is 10.3 Å². The molecule has 1 fully saturated rings. The van der Waals surface area contributed by atoms with Crippen LogP contribution in [0.15, 0.2) is 24.5 Å². The molecule has 15 heavy (non-hydrogen) atoms. The average Bonchev–Trinajstić information content (AvgIpc) is 2.31. The molecule has 0 aliphatic heterocycles. The number of pyridine rings is 1. The molecular weight excluding hydrogens is 184 g/mol. The van der Waals surface area contributed by atoms with Gasteiger partial charge in [-0.15, -0.1) is 0 Å². The summed E-state index contributed by atoms with van der Waals surface area (Å²) in [7, 11) is 0.